The summed E-state index contributed by atoms with van der Waals surface area (Å²) in [6, 6.07) is 21.6. The molecule has 0 unspecified atom stereocenters. The van der Waals surface area contributed by atoms with E-state index >= 15 is 0 Å². The largest absolute Gasteiger partial charge is 0.404 e. The van der Waals surface area contributed by atoms with Crippen molar-refractivity contribution in [2.24, 2.45) is 11.3 Å². The monoisotopic (exact) mass is 544 g/mol. The normalized spacial score (nSPS) is 21.4. The Morgan fingerprint density at radius 2 is 1.46 bits per heavy atom. The highest BCUT2D eigenvalue weighted by Gasteiger charge is 2.50. The molecule has 2 atom stereocenters. The molecule has 0 radical (unpaired) electrons. The highest BCUT2D eigenvalue weighted by atomic mass is 28.4. The maximum absolute atomic E-state index is 12.6. The Bertz CT molecular complexity index is 1130. The Kier molecular flexibility index (Phi) is 10.5. The van der Waals surface area contributed by atoms with Gasteiger partial charge in [0, 0.05) is 11.8 Å². The second kappa shape index (κ2) is 13.2. The van der Waals surface area contributed by atoms with Crippen molar-refractivity contribution >= 4 is 30.3 Å². The molecule has 0 bridgehead atoms. The summed E-state index contributed by atoms with van der Waals surface area (Å²) in [6.45, 7) is 16.0. The summed E-state index contributed by atoms with van der Waals surface area (Å²) in [7, 11) is -2.52. The molecule has 0 aromatic heterocycles. The molecule has 2 aromatic rings. The number of Topliss-reactive ketones (excluding diaryl/α,β-unsaturated/α-hetero) is 2. The smallest absolute Gasteiger partial charge is 0.261 e. The first-order valence-corrected chi connectivity index (χ1v) is 16.4. The standard InChI is InChI=1S/C35H48O3Si/c1-27(21-23-35(7)29(3)25-30(36)26-33(35)37)15-14-16-28(2)22-24-38-39(34(4,5)6,31-17-10-8-11-18-31)32-19-12-9-13-20-32/h8-13,15,17-20,22,29H,14,16,21,23-26H2,1-7H3/b27-15+,28-22+/t29-,35+/m1/s1. The van der Waals surface area contributed by atoms with E-state index < -0.39 is 8.32 Å². The van der Waals surface area contributed by atoms with Crippen molar-refractivity contribution in [3.05, 3.63) is 84.0 Å². The minimum atomic E-state index is -2.52. The third kappa shape index (κ3) is 7.35. The molecule has 39 heavy (non-hydrogen) atoms. The van der Waals surface area contributed by atoms with Gasteiger partial charge in [-0.25, -0.2) is 0 Å². The molecule has 0 saturated heterocycles. The molecule has 3 nitrogen and oxygen atoms in total. The van der Waals surface area contributed by atoms with Crippen molar-refractivity contribution in [2.75, 3.05) is 6.61 Å². The summed E-state index contributed by atoms with van der Waals surface area (Å²) in [5, 5.41) is 2.58. The molecule has 0 spiro atoms. The molecular weight excluding hydrogens is 496 g/mol. The van der Waals surface area contributed by atoms with Crippen LogP contribution >= 0.6 is 0 Å². The number of rotatable bonds is 11. The zero-order valence-electron chi connectivity index (χ0n) is 25.2. The van der Waals surface area contributed by atoms with Crippen LogP contribution in [0.1, 0.15) is 87.0 Å². The molecule has 0 N–H and O–H groups in total. The number of hydrogen-bond acceptors (Lipinski definition) is 3. The zero-order chi connectivity index (χ0) is 28.7. The van der Waals surface area contributed by atoms with Crippen molar-refractivity contribution < 1.29 is 14.0 Å². The Balaban J connectivity index is 1.63. The number of hydrogen-bond donors (Lipinski definition) is 0. The van der Waals surface area contributed by atoms with E-state index in [9.17, 15) is 9.59 Å². The Hall–Kier alpha value is -2.56. The average molecular weight is 545 g/mol. The lowest BCUT2D eigenvalue weighted by Crippen LogP contribution is -2.66. The van der Waals surface area contributed by atoms with E-state index in [2.05, 4.69) is 121 Å². The molecule has 2 aromatic carbocycles. The minimum absolute atomic E-state index is 0.0293. The minimum Gasteiger partial charge on any atom is -0.404 e. The molecule has 1 aliphatic rings. The van der Waals surface area contributed by atoms with E-state index in [1.54, 1.807) is 0 Å². The lowest BCUT2D eigenvalue weighted by Gasteiger charge is -2.42. The summed E-state index contributed by atoms with van der Waals surface area (Å²) in [5.41, 5.74) is 2.28. The van der Waals surface area contributed by atoms with Crippen LogP contribution in [-0.4, -0.2) is 26.5 Å². The van der Waals surface area contributed by atoms with Gasteiger partial charge in [-0.3, -0.25) is 9.59 Å². The number of carbonyl (C=O) groups is 2. The predicted molar refractivity (Wildman–Crippen MR) is 166 cm³/mol. The van der Waals surface area contributed by atoms with Gasteiger partial charge >= 0.3 is 0 Å². The van der Waals surface area contributed by atoms with Crippen molar-refractivity contribution in [1.82, 2.24) is 0 Å². The Morgan fingerprint density at radius 1 is 0.923 bits per heavy atom. The second-order valence-electron chi connectivity index (χ2n) is 12.8. The lowest BCUT2D eigenvalue weighted by molar-refractivity contribution is -0.141. The fourth-order valence-electron chi connectivity index (χ4n) is 5.96. The maximum Gasteiger partial charge on any atom is 0.261 e. The van der Waals surface area contributed by atoms with Gasteiger partial charge in [-0.1, -0.05) is 119 Å². The number of benzene rings is 2. The third-order valence-corrected chi connectivity index (χ3v) is 13.8. The van der Waals surface area contributed by atoms with Gasteiger partial charge in [0.1, 0.15) is 11.6 Å². The predicted octanol–water partition coefficient (Wildman–Crippen LogP) is 7.59. The summed E-state index contributed by atoms with van der Waals surface area (Å²) in [5.74, 6) is 0.344. The maximum atomic E-state index is 12.6. The van der Waals surface area contributed by atoms with Gasteiger partial charge < -0.3 is 4.43 Å². The van der Waals surface area contributed by atoms with Gasteiger partial charge in [0.05, 0.1) is 13.0 Å². The SMILES string of the molecule is C/C(=C\CO[Si](c1ccccc1)(c1ccccc1)C(C)(C)C)CC/C=C(\C)CC[C@]1(C)C(=O)CC(=O)C[C@H]1C. The van der Waals surface area contributed by atoms with Gasteiger partial charge in [-0.2, -0.15) is 0 Å². The van der Waals surface area contributed by atoms with Crippen LogP contribution < -0.4 is 10.4 Å². The first-order chi connectivity index (χ1) is 18.4. The zero-order valence-corrected chi connectivity index (χ0v) is 26.2. The van der Waals surface area contributed by atoms with E-state index in [-0.39, 0.29) is 34.4 Å². The molecule has 3 rings (SSSR count). The molecule has 1 fully saturated rings. The van der Waals surface area contributed by atoms with Gasteiger partial charge in [-0.05, 0) is 60.9 Å². The summed E-state index contributed by atoms with van der Waals surface area (Å²) in [6.07, 6.45) is 8.91. The average Bonchev–Trinajstić information content (AvgIpc) is 2.89. The van der Waals surface area contributed by atoms with Gasteiger partial charge in [0.15, 0.2) is 0 Å². The summed E-state index contributed by atoms with van der Waals surface area (Å²) >= 11 is 0. The van der Waals surface area contributed by atoms with Crippen LogP contribution in [0.3, 0.4) is 0 Å². The first-order valence-electron chi connectivity index (χ1n) is 14.5. The fraction of sp³-hybridized carbons (Fsp3) is 0.486. The quantitative estimate of drug-likeness (QED) is 0.166. The van der Waals surface area contributed by atoms with E-state index in [1.165, 1.54) is 21.5 Å². The highest BCUT2D eigenvalue weighted by molar-refractivity contribution is 6.99. The van der Waals surface area contributed by atoms with E-state index in [1.807, 2.05) is 0 Å². The molecule has 1 saturated carbocycles. The van der Waals surface area contributed by atoms with Crippen LogP contribution in [0.4, 0.5) is 0 Å². The van der Waals surface area contributed by atoms with Crippen LogP contribution in [-0.2, 0) is 14.0 Å². The molecule has 0 heterocycles. The van der Waals surface area contributed by atoms with Crippen LogP contribution in [0.5, 0.6) is 0 Å². The third-order valence-electron chi connectivity index (χ3n) is 8.83. The van der Waals surface area contributed by atoms with Crippen LogP contribution in [0, 0.1) is 11.3 Å². The molecule has 210 valence electrons. The number of carbonyl (C=O) groups excluding carboxylic acids is 2. The number of allylic oxidation sites excluding steroid dienone is 3. The van der Waals surface area contributed by atoms with Crippen LogP contribution in [0.2, 0.25) is 5.04 Å². The summed E-state index contributed by atoms with van der Waals surface area (Å²) in [4.78, 5) is 24.4. The van der Waals surface area contributed by atoms with Gasteiger partial charge in [-0.15, -0.1) is 0 Å². The summed E-state index contributed by atoms with van der Waals surface area (Å²) < 4.78 is 7.00. The molecule has 0 amide bonds. The van der Waals surface area contributed by atoms with Crippen LogP contribution in [0.25, 0.3) is 0 Å². The van der Waals surface area contributed by atoms with E-state index in [4.69, 9.17) is 4.43 Å². The van der Waals surface area contributed by atoms with Crippen molar-refractivity contribution in [2.45, 2.75) is 92.0 Å². The Morgan fingerprint density at radius 3 is 1.97 bits per heavy atom. The second-order valence-corrected chi connectivity index (χ2v) is 17.1. The van der Waals surface area contributed by atoms with E-state index in [0.29, 0.717) is 13.0 Å². The molecule has 4 heteroatoms. The van der Waals surface area contributed by atoms with Crippen molar-refractivity contribution in [3.8, 4) is 0 Å². The fourth-order valence-corrected chi connectivity index (χ4v) is 10.4. The lowest BCUT2D eigenvalue weighted by atomic mass is 9.64. The van der Waals surface area contributed by atoms with Gasteiger partial charge in [0.2, 0.25) is 0 Å². The highest BCUT2D eigenvalue weighted by Crippen LogP contribution is 2.41. The van der Waals surface area contributed by atoms with Gasteiger partial charge in [0.25, 0.3) is 8.32 Å². The molecule has 0 aliphatic heterocycles. The van der Waals surface area contributed by atoms with Crippen molar-refractivity contribution in [1.29, 1.82) is 0 Å². The van der Waals surface area contributed by atoms with Crippen LogP contribution in [0.15, 0.2) is 84.0 Å². The van der Waals surface area contributed by atoms with Crippen molar-refractivity contribution in [3.63, 3.8) is 0 Å². The van der Waals surface area contributed by atoms with E-state index in [0.717, 1.165) is 25.7 Å². The Labute approximate surface area is 237 Å². The number of ketones is 2. The topological polar surface area (TPSA) is 43.4 Å². The molecular formula is C35H48O3Si. The molecule has 1 aliphatic carbocycles. The first kappa shape index (κ1) is 31.0.